The Kier molecular flexibility index (Phi) is 4.97. The quantitative estimate of drug-likeness (QED) is 0.917. The number of aryl methyl sites for hydroxylation is 2. The van der Waals surface area contributed by atoms with Crippen LogP contribution >= 0.6 is 0 Å². The molecule has 0 fully saturated rings. The van der Waals surface area contributed by atoms with Gasteiger partial charge in [0.2, 0.25) is 10.0 Å². The molecule has 0 aliphatic rings. The minimum absolute atomic E-state index is 0.00874. The van der Waals surface area contributed by atoms with Gasteiger partial charge in [0.05, 0.1) is 4.90 Å². The van der Waals surface area contributed by atoms with Crippen LogP contribution in [0, 0.1) is 13.8 Å². The molecule has 0 heterocycles. The van der Waals surface area contributed by atoms with E-state index in [1.165, 1.54) is 0 Å². The Bertz CT molecular complexity index is 765. The molecule has 2 aromatic rings. The first-order chi connectivity index (χ1) is 10.6. The van der Waals surface area contributed by atoms with Crippen molar-refractivity contribution in [2.24, 2.45) is 0 Å². The molecule has 23 heavy (non-hydrogen) atoms. The fourth-order valence-corrected chi connectivity index (χ4v) is 3.58. The van der Waals surface area contributed by atoms with Crippen LogP contribution in [-0.2, 0) is 22.0 Å². The molecule has 124 valence electrons. The number of hydrogen-bond acceptors (Lipinski definition) is 2. The summed E-state index contributed by atoms with van der Waals surface area (Å²) in [4.78, 5) is 0.301. The maximum Gasteiger partial charge on any atom is 0.240 e. The SMILES string of the molecule is Cc1cc(C)cc(CNS(=O)(=O)c2ccc(C(C)(C)C)cc2)c1. The zero-order valence-electron chi connectivity index (χ0n) is 14.5. The summed E-state index contributed by atoms with van der Waals surface area (Å²) in [5, 5.41) is 0. The third kappa shape index (κ3) is 4.66. The largest absolute Gasteiger partial charge is 0.240 e. The summed E-state index contributed by atoms with van der Waals surface area (Å²) in [7, 11) is -3.50. The lowest BCUT2D eigenvalue weighted by Gasteiger charge is -2.19. The fraction of sp³-hybridized carbons (Fsp3) is 0.368. The van der Waals surface area contributed by atoms with Crippen LogP contribution in [0.3, 0.4) is 0 Å². The number of hydrogen-bond donors (Lipinski definition) is 1. The minimum atomic E-state index is -3.50. The van der Waals surface area contributed by atoms with Crippen LogP contribution in [0.15, 0.2) is 47.4 Å². The van der Waals surface area contributed by atoms with Gasteiger partial charge in [-0.1, -0.05) is 62.2 Å². The highest BCUT2D eigenvalue weighted by atomic mass is 32.2. The maximum atomic E-state index is 12.4. The van der Waals surface area contributed by atoms with Gasteiger partial charge in [0.25, 0.3) is 0 Å². The van der Waals surface area contributed by atoms with E-state index in [1.54, 1.807) is 12.1 Å². The second-order valence-electron chi connectivity index (χ2n) is 7.09. The van der Waals surface area contributed by atoms with E-state index in [0.717, 1.165) is 22.3 Å². The van der Waals surface area contributed by atoms with Crippen LogP contribution in [0.1, 0.15) is 43.0 Å². The molecule has 0 unspecified atom stereocenters. The van der Waals surface area contributed by atoms with Gasteiger partial charge < -0.3 is 0 Å². The normalized spacial score (nSPS) is 12.4. The number of nitrogens with one attached hydrogen (secondary N) is 1. The van der Waals surface area contributed by atoms with E-state index < -0.39 is 10.0 Å². The molecule has 0 amide bonds. The Hall–Kier alpha value is -1.65. The van der Waals surface area contributed by atoms with E-state index in [9.17, 15) is 8.42 Å². The zero-order valence-corrected chi connectivity index (χ0v) is 15.3. The minimum Gasteiger partial charge on any atom is -0.207 e. The van der Waals surface area contributed by atoms with E-state index in [0.29, 0.717) is 11.4 Å². The molecule has 0 spiro atoms. The lowest BCUT2D eigenvalue weighted by atomic mass is 9.87. The molecule has 0 aliphatic heterocycles. The summed E-state index contributed by atoms with van der Waals surface area (Å²) >= 11 is 0. The van der Waals surface area contributed by atoms with Gasteiger partial charge in [-0.05, 0) is 42.5 Å². The van der Waals surface area contributed by atoms with Gasteiger partial charge in [-0.15, -0.1) is 0 Å². The average molecular weight is 331 g/mol. The van der Waals surface area contributed by atoms with E-state index >= 15 is 0 Å². The van der Waals surface area contributed by atoms with Crippen molar-refractivity contribution in [2.45, 2.75) is 51.5 Å². The Balaban J connectivity index is 2.15. The van der Waals surface area contributed by atoms with Crippen LogP contribution in [0.5, 0.6) is 0 Å². The second-order valence-corrected chi connectivity index (χ2v) is 8.86. The highest BCUT2D eigenvalue weighted by Crippen LogP contribution is 2.23. The molecule has 0 radical (unpaired) electrons. The summed E-state index contributed by atoms with van der Waals surface area (Å²) in [6.07, 6.45) is 0. The molecule has 2 aromatic carbocycles. The van der Waals surface area contributed by atoms with Crippen molar-refractivity contribution in [1.82, 2.24) is 4.72 Å². The van der Waals surface area contributed by atoms with Crippen molar-refractivity contribution in [2.75, 3.05) is 0 Å². The van der Waals surface area contributed by atoms with Gasteiger partial charge in [-0.3, -0.25) is 0 Å². The first-order valence-electron chi connectivity index (χ1n) is 7.75. The third-order valence-corrected chi connectivity index (χ3v) is 5.20. The molecule has 3 nitrogen and oxygen atoms in total. The molecular formula is C19H25NO2S. The third-order valence-electron chi connectivity index (χ3n) is 3.78. The van der Waals surface area contributed by atoms with Gasteiger partial charge >= 0.3 is 0 Å². The van der Waals surface area contributed by atoms with Crippen LogP contribution in [-0.4, -0.2) is 8.42 Å². The lowest BCUT2D eigenvalue weighted by Crippen LogP contribution is -2.23. The van der Waals surface area contributed by atoms with Crippen LogP contribution in [0.2, 0.25) is 0 Å². The predicted octanol–water partition coefficient (Wildman–Crippen LogP) is 4.08. The van der Waals surface area contributed by atoms with Gasteiger partial charge in [0.15, 0.2) is 0 Å². The highest BCUT2D eigenvalue weighted by Gasteiger charge is 2.17. The predicted molar refractivity (Wildman–Crippen MR) is 95.1 cm³/mol. The van der Waals surface area contributed by atoms with Crippen molar-refractivity contribution in [1.29, 1.82) is 0 Å². The Morgan fingerprint density at radius 2 is 1.43 bits per heavy atom. The first kappa shape index (κ1) is 17.7. The van der Waals surface area contributed by atoms with Crippen molar-refractivity contribution in [3.8, 4) is 0 Å². The van der Waals surface area contributed by atoms with Gasteiger partial charge in [0, 0.05) is 6.54 Å². The van der Waals surface area contributed by atoms with Gasteiger partial charge in [-0.2, -0.15) is 0 Å². The highest BCUT2D eigenvalue weighted by molar-refractivity contribution is 7.89. The summed E-state index contributed by atoms with van der Waals surface area (Å²) in [6, 6.07) is 13.2. The van der Waals surface area contributed by atoms with E-state index in [2.05, 4.69) is 31.6 Å². The molecule has 0 aromatic heterocycles. The molecule has 0 saturated heterocycles. The van der Waals surface area contributed by atoms with Gasteiger partial charge in [-0.25, -0.2) is 13.1 Å². The summed E-state index contributed by atoms with van der Waals surface area (Å²) < 4.78 is 27.5. The van der Waals surface area contributed by atoms with E-state index in [4.69, 9.17) is 0 Å². The summed E-state index contributed by atoms with van der Waals surface area (Å²) in [6.45, 7) is 10.6. The Morgan fingerprint density at radius 1 is 0.913 bits per heavy atom. The standard InChI is InChI=1S/C19H25NO2S/c1-14-10-15(2)12-16(11-14)13-20-23(21,22)18-8-6-17(7-9-18)19(3,4)5/h6-12,20H,13H2,1-5H3. The smallest absolute Gasteiger partial charge is 0.207 e. The van der Waals surface area contributed by atoms with E-state index in [-0.39, 0.29) is 5.41 Å². The zero-order chi connectivity index (χ0) is 17.3. The maximum absolute atomic E-state index is 12.4. The van der Waals surface area contributed by atoms with Crippen LogP contribution in [0.25, 0.3) is 0 Å². The molecule has 0 aliphatic carbocycles. The number of rotatable bonds is 4. The monoisotopic (exact) mass is 331 g/mol. The first-order valence-corrected chi connectivity index (χ1v) is 9.24. The molecule has 4 heteroatoms. The molecule has 0 bridgehead atoms. The molecule has 0 atom stereocenters. The average Bonchev–Trinajstić information content (AvgIpc) is 2.43. The topological polar surface area (TPSA) is 46.2 Å². The summed E-state index contributed by atoms with van der Waals surface area (Å²) in [5.74, 6) is 0. The fourth-order valence-electron chi connectivity index (χ4n) is 2.57. The van der Waals surface area contributed by atoms with E-state index in [1.807, 2.05) is 38.1 Å². The molecule has 2 rings (SSSR count). The van der Waals surface area contributed by atoms with Crippen molar-refractivity contribution in [3.05, 3.63) is 64.7 Å². The van der Waals surface area contributed by atoms with Crippen molar-refractivity contribution in [3.63, 3.8) is 0 Å². The summed E-state index contributed by atoms with van der Waals surface area (Å²) in [5.41, 5.74) is 4.36. The second kappa shape index (κ2) is 6.46. The van der Waals surface area contributed by atoms with Gasteiger partial charge in [0.1, 0.15) is 0 Å². The number of sulfonamides is 1. The Morgan fingerprint density at radius 3 is 1.91 bits per heavy atom. The number of benzene rings is 2. The molecular weight excluding hydrogens is 306 g/mol. The van der Waals surface area contributed by atoms with Crippen molar-refractivity contribution < 1.29 is 8.42 Å². The van der Waals surface area contributed by atoms with Crippen LogP contribution < -0.4 is 4.72 Å². The lowest BCUT2D eigenvalue weighted by molar-refractivity contribution is 0.578. The van der Waals surface area contributed by atoms with Crippen LogP contribution in [0.4, 0.5) is 0 Å². The van der Waals surface area contributed by atoms with Crippen molar-refractivity contribution >= 4 is 10.0 Å². The molecule has 0 saturated carbocycles. The molecule has 1 N–H and O–H groups in total. The Labute approximate surface area is 139 Å².